The van der Waals surface area contributed by atoms with Crippen LogP contribution in [0.3, 0.4) is 0 Å². The van der Waals surface area contributed by atoms with E-state index in [9.17, 15) is 0 Å². The average Bonchev–Trinajstić information content (AvgIpc) is 2.76. The smallest absolute Gasteiger partial charge is 0.0677 e. The molecule has 2 aliphatic rings. The summed E-state index contributed by atoms with van der Waals surface area (Å²) in [6.45, 7) is 14.8. The van der Waals surface area contributed by atoms with Crippen molar-refractivity contribution in [1.29, 1.82) is 0 Å². The first kappa shape index (κ1) is 15.3. The van der Waals surface area contributed by atoms with E-state index in [1.54, 1.807) is 0 Å². The molecule has 2 fully saturated rings. The molecule has 1 saturated carbocycles. The first-order valence-electron chi connectivity index (χ1n) is 8.19. The van der Waals surface area contributed by atoms with Crippen molar-refractivity contribution >= 4 is 0 Å². The van der Waals surface area contributed by atoms with Crippen LogP contribution in [-0.2, 0) is 4.74 Å². The monoisotopic (exact) mass is 267 g/mol. The molecule has 2 nitrogen and oxygen atoms in total. The number of nitrogens with one attached hydrogen (secondary N) is 1. The maximum absolute atomic E-state index is 6.32. The zero-order chi connectivity index (χ0) is 14.3. The summed E-state index contributed by atoms with van der Waals surface area (Å²) in [7, 11) is 0. The van der Waals surface area contributed by atoms with E-state index < -0.39 is 0 Å². The lowest BCUT2D eigenvalue weighted by Crippen LogP contribution is -2.48. The summed E-state index contributed by atoms with van der Waals surface area (Å²) in [5.41, 5.74) is 0.0359. The van der Waals surface area contributed by atoms with Gasteiger partial charge in [0, 0.05) is 12.0 Å². The fourth-order valence-electron chi connectivity index (χ4n) is 4.61. The first-order chi connectivity index (χ1) is 8.75. The fraction of sp³-hybridized carbons (Fsp3) is 1.00. The lowest BCUT2D eigenvalue weighted by Gasteiger charge is -2.37. The summed E-state index contributed by atoms with van der Waals surface area (Å²) in [5.74, 6) is 2.39. The minimum absolute atomic E-state index is 0.00215. The van der Waals surface area contributed by atoms with E-state index in [4.69, 9.17) is 4.74 Å². The van der Waals surface area contributed by atoms with E-state index in [-0.39, 0.29) is 11.2 Å². The maximum Gasteiger partial charge on any atom is 0.0677 e. The molecule has 0 aromatic carbocycles. The van der Waals surface area contributed by atoms with E-state index in [0.717, 1.165) is 18.4 Å². The van der Waals surface area contributed by atoms with Crippen molar-refractivity contribution in [3.05, 3.63) is 0 Å². The van der Waals surface area contributed by atoms with E-state index in [1.165, 1.54) is 25.7 Å². The second-order valence-electron chi connectivity index (χ2n) is 8.04. The van der Waals surface area contributed by atoms with Crippen LogP contribution in [0, 0.1) is 17.8 Å². The standard InChI is InChI=1S/C17H33NO/c1-7-18-15(13-9-8-12(2)10-13)14-11-16(3,4)19-17(14,5)6/h12-15,18H,7-11H2,1-6H3. The van der Waals surface area contributed by atoms with Crippen molar-refractivity contribution in [1.82, 2.24) is 5.32 Å². The molecule has 2 heteroatoms. The molecule has 19 heavy (non-hydrogen) atoms. The van der Waals surface area contributed by atoms with Gasteiger partial charge < -0.3 is 10.1 Å². The van der Waals surface area contributed by atoms with Gasteiger partial charge in [0.15, 0.2) is 0 Å². The van der Waals surface area contributed by atoms with E-state index >= 15 is 0 Å². The molecule has 4 atom stereocenters. The molecular formula is C17H33NO. The largest absolute Gasteiger partial charge is 0.369 e. The number of hydrogen-bond donors (Lipinski definition) is 1. The third kappa shape index (κ3) is 3.33. The zero-order valence-electron chi connectivity index (χ0n) is 13.8. The van der Waals surface area contributed by atoms with Gasteiger partial charge in [-0.25, -0.2) is 0 Å². The lowest BCUT2D eigenvalue weighted by atomic mass is 9.76. The van der Waals surface area contributed by atoms with Crippen LogP contribution in [0.2, 0.25) is 0 Å². The Hall–Kier alpha value is -0.0800. The predicted octanol–water partition coefficient (Wildman–Crippen LogP) is 3.99. The summed E-state index contributed by atoms with van der Waals surface area (Å²) < 4.78 is 6.32. The van der Waals surface area contributed by atoms with Crippen LogP contribution in [0.5, 0.6) is 0 Å². The van der Waals surface area contributed by atoms with Gasteiger partial charge >= 0.3 is 0 Å². The van der Waals surface area contributed by atoms with Gasteiger partial charge in [-0.3, -0.25) is 0 Å². The van der Waals surface area contributed by atoms with Crippen molar-refractivity contribution in [3.8, 4) is 0 Å². The van der Waals surface area contributed by atoms with E-state index in [1.807, 2.05) is 0 Å². The van der Waals surface area contributed by atoms with E-state index in [0.29, 0.717) is 12.0 Å². The van der Waals surface area contributed by atoms with Gasteiger partial charge in [-0.1, -0.05) is 20.3 Å². The van der Waals surface area contributed by atoms with Crippen LogP contribution in [0.15, 0.2) is 0 Å². The van der Waals surface area contributed by atoms with Gasteiger partial charge in [0.2, 0.25) is 0 Å². The molecule has 0 bridgehead atoms. The van der Waals surface area contributed by atoms with Crippen LogP contribution >= 0.6 is 0 Å². The zero-order valence-corrected chi connectivity index (χ0v) is 13.8. The Kier molecular flexibility index (Phi) is 4.32. The van der Waals surface area contributed by atoms with Gasteiger partial charge in [0.05, 0.1) is 11.2 Å². The van der Waals surface area contributed by atoms with Crippen LogP contribution in [0.4, 0.5) is 0 Å². The van der Waals surface area contributed by atoms with Crippen molar-refractivity contribution in [2.24, 2.45) is 17.8 Å². The van der Waals surface area contributed by atoms with Crippen molar-refractivity contribution in [2.45, 2.75) is 84.5 Å². The average molecular weight is 267 g/mol. The second kappa shape index (κ2) is 5.37. The molecule has 2 rings (SSSR count). The number of ether oxygens (including phenoxy) is 1. The Labute approximate surface area is 119 Å². The minimum Gasteiger partial charge on any atom is -0.369 e. The SMILES string of the molecule is CCNC(C1CCC(C)C1)C1CC(C)(C)OC1(C)C. The molecule has 112 valence electrons. The Morgan fingerprint density at radius 3 is 2.32 bits per heavy atom. The highest BCUT2D eigenvalue weighted by molar-refractivity contribution is 5.02. The first-order valence-corrected chi connectivity index (χ1v) is 8.19. The lowest BCUT2D eigenvalue weighted by molar-refractivity contribution is -0.0795. The van der Waals surface area contributed by atoms with Crippen molar-refractivity contribution < 1.29 is 4.74 Å². The molecule has 0 radical (unpaired) electrons. The van der Waals surface area contributed by atoms with Crippen LogP contribution in [0.25, 0.3) is 0 Å². The topological polar surface area (TPSA) is 21.3 Å². The summed E-state index contributed by atoms with van der Waals surface area (Å²) >= 11 is 0. The number of hydrogen-bond acceptors (Lipinski definition) is 2. The third-order valence-electron chi connectivity index (χ3n) is 5.26. The maximum atomic E-state index is 6.32. The summed E-state index contributed by atoms with van der Waals surface area (Å²) in [5, 5.41) is 3.80. The highest BCUT2D eigenvalue weighted by Gasteiger charge is 2.50. The Bertz CT molecular complexity index is 310. The molecule has 0 aromatic heterocycles. The molecule has 1 aliphatic carbocycles. The van der Waals surface area contributed by atoms with Crippen molar-refractivity contribution in [3.63, 3.8) is 0 Å². The molecule has 1 heterocycles. The van der Waals surface area contributed by atoms with Crippen LogP contribution in [-0.4, -0.2) is 23.8 Å². The third-order valence-corrected chi connectivity index (χ3v) is 5.26. The summed E-state index contributed by atoms with van der Waals surface area (Å²) in [4.78, 5) is 0. The fourth-order valence-corrected chi connectivity index (χ4v) is 4.61. The molecule has 0 aromatic rings. The Morgan fingerprint density at radius 2 is 1.89 bits per heavy atom. The van der Waals surface area contributed by atoms with Crippen LogP contribution in [0.1, 0.15) is 67.2 Å². The Morgan fingerprint density at radius 1 is 1.21 bits per heavy atom. The number of rotatable bonds is 4. The highest BCUT2D eigenvalue weighted by Crippen LogP contribution is 2.47. The molecule has 4 unspecified atom stereocenters. The Balaban J connectivity index is 2.14. The van der Waals surface area contributed by atoms with Crippen LogP contribution < -0.4 is 5.32 Å². The molecule has 0 amide bonds. The predicted molar refractivity (Wildman–Crippen MR) is 81.3 cm³/mol. The van der Waals surface area contributed by atoms with Crippen molar-refractivity contribution in [2.75, 3.05) is 6.54 Å². The highest BCUT2D eigenvalue weighted by atomic mass is 16.5. The molecule has 1 aliphatic heterocycles. The quantitative estimate of drug-likeness (QED) is 0.831. The molecule has 1 saturated heterocycles. The normalized spacial score (nSPS) is 38.5. The van der Waals surface area contributed by atoms with Gasteiger partial charge in [0.1, 0.15) is 0 Å². The summed E-state index contributed by atoms with van der Waals surface area (Å²) in [6.07, 6.45) is 5.38. The van der Waals surface area contributed by atoms with Gasteiger partial charge in [0.25, 0.3) is 0 Å². The minimum atomic E-state index is 0.00215. The molecule has 1 N–H and O–H groups in total. The molecule has 0 spiro atoms. The summed E-state index contributed by atoms with van der Waals surface area (Å²) in [6, 6.07) is 0.631. The van der Waals surface area contributed by atoms with Gasteiger partial charge in [-0.05, 0) is 65.3 Å². The van der Waals surface area contributed by atoms with Gasteiger partial charge in [-0.2, -0.15) is 0 Å². The van der Waals surface area contributed by atoms with Gasteiger partial charge in [-0.15, -0.1) is 0 Å². The molecular weight excluding hydrogens is 234 g/mol. The van der Waals surface area contributed by atoms with E-state index in [2.05, 4.69) is 46.9 Å². The second-order valence-corrected chi connectivity index (χ2v) is 8.04.